The lowest BCUT2D eigenvalue weighted by atomic mass is 10.1. The molecule has 2 N–H and O–H groups in total. The number of nitrogens with zero attached hydrogens (tertiary/aromatic N) is 1. The molecule has 0 saturated carbocycles. The lowest BCUT2D eigenvalue weighted by Gasteiger charge is -2.33. The molecule has 0 bridgehead atoms. The van der Waals surface area contributed by atoms with Crippen molar-refractivity contribution in [1.82, 2.24) is 0 Å². The van der Waals surface area contributed by atoms with Crippen LogP contribution in [0.5, 0.6) is 0 Å². The van der Waals surface area contributed by atoms with Gasteiger partial charge in [-0.05, 0) is 38.6 Å². The number of rotatable bonds is 6. The number of nitrogens with one attached hydrogen (secondary N) is 1. The van der Waals surface area contributed by atoms with Crippen LogP contribution in [0.4, 0.5) is 15.5 Å². The third kappa shape index (κ3) is 5.26. The van der Waals surface area contributed by atoms with Gasteiger partial charge in [-0.2, -0.15) is 5.06 Å². The van der Waals surface area contributed by atoms with E-state index in [0.717, 1.165) is 12.8 Å². The highest BCUT2D eigenvalue weighted by Gasteiger charge is 2.29. The topological polar surface area (TPSA) is 78.9 Å². The Bertz CT molecular complexity index is 493. The molecule has 0 fully saturated rings. The molecule has 0 radical (unpaired) electrons. The number of hydrogen-bond acceptors (Lipinski definition) is 5. The molecule has 0 atom stereocenters. The molecular formula is C14H22N2O4S. The van der Waals surface area contributed by atoms with E-state index < -0.39 is 11.7 Å². The minimum absolute atomic E-state index is 0.0789. The van der Waals surface area contributed by atoms with E-state index in [1.165, 1.54) is 16.4 Å². The fraction of sp³-hybridized carbons (Fsp3) is 0.571. The molecule has 0 spiro atoms. The Hall–Kier alpha value is -1.76. The second kappa shape index (κ2) is 7.31. The Morgan fingerprint density at radius 3 is 2.62 bits per heavy atom. The van der Waals surface area contributed by atoms with Crippen LogP contribution in [0.15, 0.2) is 11.4 Å². The lowest BCUT2D eigenvalue weighted by molar-refractivity contribution is -0.116. The van der Waals surface area contributed by atoms with Gasteiger partial charge in [-0.1, -0.05) is 13.3 Å². The van der Waals surface area contributed by atoms with Gasteiger partial charge in [0.05, 0.1) is 5.54 Å². The fourth-order valence-corrected chi connectivity index (χ4v) is 2.49. The van der Waals surface area contributed by atoms with E-state index in [1.54, 1.807) is 11.4 Å². The van der Waals surface area contributed by atoms with E-state index >= 15 is 0 Å². The third-order valence-electron chi connectivity index (χ3n) is 2.65. The maximum atomic E-state index is 11.8. The zero-order valence-electron chi connectivity index (χ0n) is 12.8. The van der Waals surface area contributed by atoms with Gasteiger partial charge >= 0.3 is 6.16 Å². The number of anilines is 2. The van der Waals surface area contributed by atoms with Crippen molar-refractivity contribution in [3.63, 3.8) is 0 Å². The average Bonchev–Trinajstić information content (AvgIpc) is 2.79. The van der Waals surface area contributed by atoms with Gasteiger partial charge in [0.2, 0.25) is 5.91 Å². The van der Waals surface area contributed by atoms with E-state index in [4.69, 9.17) is 9.94 Å². The van der Waals surface area contributed by atoms with Crippen molar-refractivity contribution in [2.24, 2.45) is 0 Å². The van der Waals surface area contributed by atoms with Gasteiger partial charge in [0.1, 0.15) is 10.7 Å². The first-order valence-electron chi connectivity index (χ1n) is 6.84. The average molecular weight is 314 g/mol. The number of amides is 1. The van der Waals surface area contributed by atoms with Crippen molar-refractivity contribution in [3.8, 4) is 0 Å². The molecular weight excluding hydrogens is 292 g/mol. The third-order valence-corrected chi connectivity index (χ3v) is 3.47. The van der Waals surface area contributed by atoms with Crippen LogP contribution in [-0.4, -0.2) is 22.7 Å². The number of thiophene rings is 1. The van der Waals surface area contributed by atoms with Crippen molar-refractivity contribution >= 4 is 34.1 Å². The summed E-state index contributed by atoms with van der Waals surface area (Å²) >= 11 is 1.34. The number of carbonyl (C=O) groups is 2. The predicted molar refractivity (Wildman–Crippen MR) is 83.8 cm³/mol. The van der Waals surface area contributed by atoms with Crippen molar-refractivity contribution < 1.29 is 19.5 Å². The van der Waals surface area contributed by atoms with E-state index in [1.807, 2.05) is 27.7 Å². The van der Waals surface area contributed by atoms with Crippen LogP contribution in [0.1, 0.15) is 47.0 Å². The SMILES string of the molecule is CCCCC(=O)Nc1sccc1N(OC(=O)O)C(C)(C)C. The van der Waals surface area contributed by atoms with Crippen LogP contribution in [-0.2, 0) is 9.63 Å². The van der Waals surface area contributed by atoms with E-state index in [2.05, 4.69) is 5.32 Å². The Kier molecular flexibility index (Phi) is 6.02. The summed E-state index contributed by atoms with van der Waals surface area (Å²) in [7, 11) is 0. The van der Waals surface area contributed by atoms with Gasteiger partial charge in [-0.3, -0.25) is 4.79 Å². The van der Waals surface area contributed by atoms with Gasteiger partial charge < -0.3 is 15.3 Å². The fourth-order valence-electron chi connectivity index (χ4n) is 1.71. The zero-order valence-corrected chi connectivity index (χ0v) is 13.6. The van der Waals surface area contributed by atoms with Crippen LogP contribution in [0, 0.1) is 0 Å². The summed E-state index contributed by atoms with van der Waals surface area (Å²) in [5, 5.41) is 15.4. The minimum Gasteiger partial charge on any atom is -0.448 e. The number of unbranched alkanes of at least 4 members (excludes halogenated alkanes) is 1. The lowest BCUT2D eigenvalue weighted by Crippen LogP contribution is -2.43. The molecule has 0 unspecified atom stereocenters. The van der Waals surface area contributed by atoms with E-state index in [0.29, 0.717) is 17.1 Å². The number of hydroxylamine groups is 1. The molecule has 21 heavy (non-hydrogen) atoms. The number of hydrogen-bond donors (Lipinski definition) is 2. The second-order valence-electron chi connectivity index (χ2n) is 5.61. The summed E-state index contributed by atoms with van der Waals surface area (Å²) < 4.78 is 0. The molecule has 1 amide bonds. The first-order valence-corrected chi connectivity index (χ1v) is 7.72. The maximum absolute atomic E-state index is 11.8. The van der Waals surface area contributed by atoms with Crippen LogP contribution in [0.3, 0.4) is 0 Å². The van der Waals surface area contributed by atoms with Gasteiger partial charge in [0.15, 0.2) is 0 Å². The van der Waals surface area contributed by atoms with Crippen LogP contribution in [0.25, 0.3) is 0 Å². The largest absolute Gasteiger partial charge is 0.530 e. The molecule has 6 nitrogen and oxygen atoms in total. The zero-order chi connectivity index (χ0) is 16.0. The molecule has 1 rings (SSSR count). The molecule has 1 aromatic rings. The second-order valence-corrected chi connectivity index (χ2v) is 6.53. The van der Waals surface area contributed by atoms with Gasteiger partial charge in [0, 0.05) is 6.42 Å². The molecule has 0 aromatic carbocycles. The molecule has 0 aliphatic heterocycles. The van der Waals surface area contributed by atoms with Crippen molar-refractivity contribution in [2.75, 3.05) is 10.4 Å². The highest BCUT2D eigenvalue weighted by atomic mass is 32.1. The van der Waals surface area contributed by atoms with Crippen LogP contribution >= 0.6 is 11.3 Å². The van der Waals surface area contributed by atoms with Crippen LogP contribution < -0.4 is 10.4 Å². The first-order chi connectivity index (χ1) is 9.75. The van der Waals surface area contributed by atoms with Crippen LogP contribution in [0.2, 0.25) is 0 Å². The van der Waals surface area contributed by atoms with Gasteiger partial charge in [0.25, 0.3) is 0 Å². The Balaban J connectivity index is 2.93. The molecule has 1 heterocycles. The summed E-state index contributed by atoms with van der Waals surface area (Å²) in [5.74, 6) is -0.0789. The van der Waals surface area contributed by atoms with Gasteiger partial charge in [-0.25, -0.2) is 4.79 Å². The molecule has 7 heteroatoms. The minimum atomic E-state index is -1.39. The normalized spacial score (nSPS) is 11.0. The molecule has 0 aliphatic rings. The quantitative estimate of drug-likeness (QED) is 0.773. The Morgan fingerprint density at radius 2 is 2.10 bits per heavy atom. The Morgan fingerprint density at radius 1 is 1.43 bits per heavy atom. The van der Waals surface area contributed by atoms with Gasteiger partial charge in [-0.15, -0.1) is 11.3 Å². The van der Waals surface area contributed by atoms with E-state index in [-0.39, 0.29) is 5.91 Å². The number of carboxylic acid groups (broad SMARTS) is 1. The van der Waals surface area contributed by atoms with E-state index in [9.17, 15) is 9.59 Å². The first kappa shape index (κ1) is 17.3. The summed E-state index contributed by atoms with van der Waals surface area (Å²) in [4.78, 5) is 27.6. The summed E-state index contributed by atoms with van der Waals surface area (Å²) in [6.07, 6.45) is 0.824. The summed E-state index contributed by atoms with van der Waals surface area (Å²) in [6, 6.07) is 1.73. The van der Waals surface area contributed by atoms with Crippen molar-refractivity contribution in [1.29, 1.82) is 0 Å². The highest BCUT2D eigenvalue weighted by molar-refractivity contribution is 7.15. The molecule has 0 aliphatic carbocycles. The van der Waals surface area contributed by atoms with Crippen molar-refractivity contribution in [2.45, 2.75) is 52.5 Å². The molecule has 118 valence electrons. The highest BCUT2D eigenvalue weighted by Crippen LogP contribution is 2.36. The monoisotopic (exact) mass is 314 g/mol. The number of carbonyl (C=O) groups excluding carboxylic acids is 1. The molecule has 0 saturated heterocycles. The smallest absolute Gasteiger partial charge is 0.448 e. The predicted octanol–water partition coefficient (Wildman–Crippen LogP) is 4.09. The summed E-state index contributed by atoms with van der Waals surface area (Å²) in [6.45, 7) is 7.51. The van der Waals surface area contributed by atoms with Crippen molar-refractivity contribution in [3.05, 3.63) is 11.4 Å². The standard InChI is InChI=1S/C14H22N2O4S/c1-5-6-7-11(17)15-12-10(8-9-21-12)16(14(2,3)4)20-13(18)19/h8-9H,5-7H2,1-4H3,(H,15,17)(H,18,19). The Labute approximate surface area is 128 Å². The summed E-state index contributed by atoms with van der Waals surface area (Å²) in [5.41, 5.74) is -0.0257. The maximum Gasteiger partial charge on any atom is 0.530 e. The molecule has 1 aromatic heterocycles.